The quantitative estimate of drug-likeness (QED) is 0.574. The Morgan fingerprint density at radius 2 is 1.82 bits per heavy atom. The number of aromatic nitrogens is 2. The van der Waals surface area contributed by atoms with Crippen LogP contribution in [-0.4, -0.2) is 58.9 Å². The van der Waals surface area contributed by atoms with Crippen LogP contribution in [0.2, 0.25) is 0 Å². The number of hydrogen-bond donors (Lipinski definition) is 1. The number of imidazole rings is 1. The lowest BCUT2D eigenvalue weighted by Crippen LogP contribution is -2.41. The highest BCUT2D eigenvalue weighted by molar-refractivity contribution is 5.93. The third kappa shape index (κ3) is 5.79. The topological polar surface area (TPSA) is 75.9 Å². The minimum Gasteiger partial charge on any atom is -0.378 e. The van der Waals surface area contributed by atoms with E-state index in [4.69, 9.17) is 4.74 Å². The number of carbonyl (C=O) groups excluding carboxylic acids is 2. The largest absolute Gasteiger partial charge is 0.378 e. The van der Waals surface area contributed by atoms with Gasteiger partial charge in [0.15, 0.2) is 0 Å². The van der Waals surface area contributed by atoms with Crippen LogP contribution in [0.4, 0.5) is 0 Å². The zero-order valence-electron chi connectivity index (χ0n) is 19.4. The van der Waals surface area contributed by atoms with Crippen molar-refractivity contribution in [1.82, 2.24) is 19.6 Å². The van der Waals surface area contributed by atoms with Gasteiger partial charge in [0.1, 0.15) is 11.3 Å². The standard InChI is InChI=1S/C26H32N4O3/c1-19(2)15-21(20-7-4-3-5-8-20)17-27-26(32)23-9-6-10-24-28-22(18-30(23)24)16-25(31)29-11-13-33-14-12-29/h3-10,18-19,21H,11-17H2,1-2H3,(H,27,32). The second kappa shape index (κ2) is 10.6. The Morgan fingerprint density at radius 3 is 2.55 bits per heavy atom. The van der Waals surface area contributed by atoms with E-state index in [1.165, 1.54) is 5.56 Å². The molecule has 0 spiro atoms. The summed E-state index contributed by atoms with van der Waals surface area (Å²) in [7, 11) is 0. The number of hydrogen-bond acceptors (Lipinski definition) is 4. The van der Waals surface area contributed by atoms with Gasteiger partial charge in [0.2, 0.25) is 5.91 Å². The predicted molar refractivity (Wildman–Crippen MR) is 127 cm³/mol. The number of rotatable bonds is 8. The van der Waals surface area contributed by atoms with Crippen molar-refractivity contribution in [1.29, 1.82) is 0 Å². The van der Waals surface area contributed by atoms with E-state index in [9.17, 15) is 9.59 Å². The summed E-state index contributed by atoms with van der Waals surface area (Å²) in [5.74, 6) is 0.662. The van der Waals surface area contributed by atoms with E-state index in [0.717, 1.165) is 6.42 Å². The third-order valence-electron chi connectivity index (χ3n) is 6.01. The van der Waals surface area contributed by atoms with Crippen molar-refractivity contribution in [3.8, 4) is 0 Å². The molecular formula is C26H32N4O3. The van der Waals surface area contributed by atoms with Gasteiger partial charge in [-0.3, -0.25) is 14.0 Å². The molecule has 0 radical (unpaired) electrons. The fourth-order valence-corrected chi connectivity index (χ4v) is 4.35. The molecule has 1 aliphatic rings. The monoisotopic (exact) mass is 448 g/mol. The van der Waals surface area contributed by atoms with Gasteiger partial charge in [-0.1, -0.05) is 50.2 Å². The molecule has 0 aliphatic carbocycles. The molecule has 2 aromatic heterocycles. The van der Waals surface area contributed by atoms with Gasteiger partial charge in [-0.25, -0.2) is 4.98 Å². The number of carbonyl (C=O) groups is 2. The lowest BCUT2D eigenvalue weighted by molar-refractivity contribution is -0.134. The van der Waals surface area contributed by atoms with Crippen LogP contribution in [0.25, 0.3) is 5.65 Å². The number of ether oxygens (including phenoxy) is 1. The Balaban J connectivity index is 1.46. The first-order chi connectivity index (χ1) is 16.0. The number of fused-ring (bicyclic) bond motifs is 1. The summed E-state index contributed by atoms with van der Waals surface area (Å²) in [4.78, 5) is 32.1. The molecule has 1 aliphatic heterocycles. The van der Waals surface area contributed by atoms with Crippen molar-refractivity contribution in [2.75, 3.05) is 32.8 Å². The number of nitrogens with one attached hydrogen (secondary N) is 1. The van der Waals surface area contributed by atoms with Crippen molar-refractivity contribution in [3.05, 3.63) is 71.7 Å². The minimum atomic E-state index is -0.145. The molecule has 1 unspecified atom stereocenters. The maximum absolute atomic E-state index is 13.1. The van der Waals surface area contributed by atoms with E-state index in [1.54, 1.807) is 21.6 Å². The Labute approximate surface area is 194 Å². The molecule has 174 valence electrons. The Hall–Kier alpha value is -3.19. The van der Waals surface area contributed by atoms with Crippen molar-refractivity contribution < 1.29 is 14.3 Å². The zero-order chi connectivity index (χ0) is 23.2. The molecule has 7 heteroatoms. The van der Waals surface area contributed by atoms with Crippen LogP contribution in [0, 0.1) is 5.92 Å². The van der Waals surface area contributed by atoms with E-state index in [2.05, 4.69) is 36.3 Å². The van der Waals surface area contributed by atoms with Gasteiger partial charge < -0.3 is 15.0 Å². The molecule has 3 aromatic rings. The van der Waals surface area contributed by atoms with Crippen molar-refractivity contribution >= 4 is 17.5 Å². The number of morpholine rings is 1. The number of benzene rings is 1. The molecule has 7 nitrogen and oxygen atoms in total. The number of amides is 2. The van der Waals surface area contributed by atoms with E-state index >= 15 is 0 Å². The molecule has 1 saturated heterocycles. The fraction of sp³-hybridized carbons (Fsp3) is 0.423. The highest BCUT2D eigenvalue weighted by atomic mass is 16.5. The lowest BCUT2D eigenvalue weighted by Gasteiger charge is -2.26. The van der Waals surface area contributed by atoms with E-state index in [1.807, 2.05) is 30.3 Å². The number of pyridine rings is 1. The maximum Gasteiger partial charge on any atom is 0.268 e. The summed E-state index contributed by atoms with van der Waals surface area (Å²) in [6, 6.07) is 15.8. The molecule has 1 atom stereocenters. The van der Waals surface area contributed by atoms with Gasteiger partial charge in [0, 0.05) is 31.7 Å². The average molecular weight is 449 g/mol. The summed E-state index contributed by atoms with van der Waals surface area (Å²) >= 11 is 0. The molecule has 0 bridgehead atoms. The van der Waals surface area contributed by atoms with Crippen LogP contribution in [0.1, 0.15) is 47.9 Å². The normalized spacial score (nSPS) is 15.1. The summed E-state index contributed by atoms with van der Waals surface area (Å²) in [6.45, 7) is 7.32. The molecule has 3 heterocycles. The molecule has 33 heavy (non-hydrogen) atoms. The van der Waals surface area contributed by atoms with Crippen LogP contribution in [0.3, 0.4) is 0 Å². The van der Waals surface area contributed by atoms with Crippen LogP contribution in [0.5, 0.6) is 0 Å². The van der Waals surface area contributed by atoms with Crippen molar-refractivity contribution in [2.24, 2.45) is 5.92 Å². The summed E-state index contributed by atoms with van der Waals surface area (Å²) in [5, 5.41) is 3.12. The van der Waals surface area contributed by atoms with Gasteiger partial charge in [0.25, 0.3) is 5.91 Å². The highest BCUT2D eigenvalue weighted by Crippen LogP contribution is 2.23. The van der Waals surface area contributed by atoms with Gasteiger partial charge in [0.05, 0.1) is 25.3 Å². The summed E-state index contributed by atoms with van der Waals surface area (Å²) in [6.07, 6.45) is 3.01. The fourth-order valence-electron chi connectivity index (χ4n) is 4.35. The van der Waals surface area contributed by atoms with Gasteiger partial charge in [-0.05, 0) is 30.0 Å². The first-order valence-electron chi connectivity index (χ1n) is 11.7. The van der Waals surface area contributed by atoms with Crippen LogP contribution < -0.4 is 5.32 Å². The average Bonchev–Trinajstić information content (AvgIpc) is 3.25. The molecule has 1 fully saturated rings. The van der Waals surface area contributed by atoms with E-state index in [0.29, 0.717) is 55.8 Å². The van der Waals surface area contributed by atoms with Gasteiger partial charge in [-0.2, -0.15) is 0 Å². The molecule has 4 rings (SSSR count). The lowest BCUT2D eigenvalue weighted by atomic mass is 9.90. The SMILES string of the molecule is CC(C)CC(CNC(=O)c1cccc2nc(CC(=O)N3CCOCC3)cn12)c1ccccc1. The van der Waals surface area contributed by atoms with Crippen LogP contribution in [0.15, 0.2) is 54.7 Å². The van der Waals surface area contributed by atoms with Gasteiger partial charge in [-0.15, -0.1) is 0 Å². The molecule has 0 saturated carbocycles. The molecule has 2 amide bonds. The molecule has 1 aromatic carbocycles. The zero-order valence-corrected chi connectivity index (χ0v) is 19.4. The smallest absolute Gasteiger partial charge is 0.268 e. The summed E-state index contributed by atoms with van der Waals surface area (Å²) in [5.41, 5.74) is 3.07. The second-order valence-electron chi connectivity index (χ2n) is 8.99. The maximum atomic E-state index is 13.1. The minimum absolute atomic E-state index is 0.0343. The van der Waals surface area contributed by atoms with Gasteiger partial charge >= 0.3 is 0 Å². The molecular weight excluding hydrogens is 416 g/mol. The van der Waals surface area contributed by atoms with E-state index < -0.39 is 0 Å². The van der Waals surface area contributed by atoms with Crippen molar-refractivity contribution in [2.45, 2.75) is 32.6 Å². The Kier molecular flexibility index (Phi) is 7.40. The Bertz CT molecular complexity index is 1090. The third-order valence-corrected chi connectivity index (χ3v) is 6.01. The molecule has 1 N–H and O–H groups in total. The van der Waals surface area contributed by atoms with E-state index in [-0.39, 0.29) is 24.2 Å². The van der Waals surface area contributed by atoms with Crippen molar-refractivity contribution in [3.63, 3.8) is 0 Å². The Morgan fingerprint density at radius 1 is 1.06 bits per heavy atom. The highest BCUT2D eigenvalue weighted by Gasteiger charge is 2.20. The van der Waals surface area contributed by atoms with Crippen LogP contribution >= 0.6 is 0 Å². The second-order valence-corrected chi connectivity index (χ2v) is 8.99. The predicted octanol–water partition coefficient (Wildman–Crippen LogP) is 3.30. The number of nitrogens with zero attached hydrogens (tertiary/aromatic N) is 3. The summed E-state index contributed by atoms with van der Waals surface area (Å²) < 4.78 is 7.10. The van der Waals surface area contributed by atoms with Crippen LogP contribution in [-0.2, 0) is 16.0 Å². The first-order valence-corrected chi connectivity index (χ1v) is 11.7. The first kappa shape index (κ1) is 23.0.